The zero-order chi connectivity index (χ0) is 7.40. The van der Waals surface area contributed by atoms with Crippen LogP contribution < -0.4 is 34.0 Å². The Labute approximate surface area is 110 Å². The van der Waals surface area contributed by atoms with Gasteiger partial charge in [-0.25, -0.2) is 9.13 Å². The van der Waals surface area contributed by atoms with Gasteiger partial charge >= 0.3 is 0 Å². The molecule has 0 aromatic carbocycles. The molecule has 0 radical (unpaired) electrons. The molecule has 5 heteroatoms. The Kier molecular flexibility index (Phi) is 15.8. The molecule has 0 saturated heterocycles. The minimum atomic E-state index is 0. The quantitative estimate of drug-likeness (QED) is 0.390. The summed E-state index contributed by atoms with van der Waals surface area (Å²) in [5.74, 6) is 0. The van der Waals surface area contributed by atoms with E-state index in [4.69, 9.17) is 0 Å². The summed E-state index contributed by atoms with van der Waals surface area (Å²) in [6.45, 7) is 3.36. The zero-order valence-electron chi connectivity index (χ0n) is 8.21. The van der Waals surface area contributed by atoms with Crippen LogP contribution in [0.3, 0.4) is 0 Å². The molecule has 0 aliphatic rings. The van der Waals surface area contributed by atoms with E-state index in [9.17, 15) is 0 Å². The normalized spacial score (nSPS) is 7.85. The van der Waals surface area contributed by atoms with Gasteiger partial charge in [0.05, 0.1) is 13.6 Å². The molecule has 0 atom stereocenters. The van der Waals surface area contributed by atoms with Crippen LogP contribution in [0.25, 0.3) is 0 Å². The first-order valence-electron chi connectivity index (χ1n) is 3.84. The number of unbranched alkanes of at least 4 members (excludes halogenated alkanes) is 1. The third-order valence-electron chi connectivity index (χ3n) is 1.59. The number of nitrogens with zero attached hydrogens (tertiary/aromatic N) is 2. The average molecular weight is 320 g/mol. The van der Waals surface area contributed by atoms with Crippen LogP contribution in [-0.4, -0.2) is 4.57 Å². The van der Waals surface area contributed by atoms with Gasteiger partial charge in [-0.15, -0.1) is 0 Å². The molecule has 0 bridgehead atoms. The van der Waals surface area contributed by atoms with Gasteiger partial charge in [-0.2, -0.15) is 0 Å². The van der Waals surface area contributed by atoms with Crippen LogP contribution >= 0.6 is 0 Å². The molecule has 1 aromatic rings. The number of rotatable bonds is 3. The molecule has 1 aromatic heterocycles. The van der Waals surface area contributed by atoms with E-state index in [1.165, 1.54) is 12.8 Å². The van der Waals surface area contributed by atoms with Gasteiger partial charge in [-0.05, 0) is 6.42 Å². The Balaban J connectivity index is -0.000000333. The van der Waals surface area contributed by atoms with Crippen molar-refractivity contribution in [1.82, 2.24) is 4.57 Å². The van der Waals surface area contributed by atoms with Crippen molar-refractivity contribution in [2.24, 2.45) is 7.05 Å². The molecule has 0 spiro atoms. The van der Waals surface area contributed by atoms with Crippen LogP contribution in [-0.2, 0) is 33.1 Å². The van der Waals surface area contributed by atoms with Crippen molar-refractivity contribution in [3.63, 3.8) is 0 Å². The molecule has 13 heavy (non-hydrogen) atoms. The van der Waals surface area contributed by atoms with Crippen LogP contribution in [0.5, 0.6) is 0 Å². The van der Waals surface area contributed by atoms with Crippen LogP contribution in [0, 0.1) is 0 Å². The largest absolute Gasteiger partial charge is 1.00 e. The van der Waals surface area contributed by atoms with Gasteiger partial charge < -0.3 is 29.4 Å². The Morgan fingerprint density at radius 2 is 2.00 bits per heavy atom. The fourth-order valence-electron chi connectivity index (χ4n) is 0.975. The van der Waals surface area contributed by atoms with E-state index in [2.05, 4.69) is 34.8 Å². The summed E-state index contributed by atoms with van der Waals surface area (Å²) in [5, 5.41) is 0. The summed E-state index contributed by atoms with van der Waals surface area (Å²) in [6.07, 6.45) is 8.82. The Hall–Kier alpha value is 0.603. The van der Waals surface area contributed by atoms with Crippen LogP contribution in [0.2, 0.25) is 0 Å². The van der Waals surface area contributed by atoms with Gasteiger partial charge in [-0.3, -0.25) is 0 Å². The van der Waals surface area contributed by atoms with Gasteiger partial charge in [0.2, 0.25) is 6.33 Å². The van der Waals surface area contributed by atoms with Gasteiger partial charge in [0.25, 0.3) is 0 Å². The van der Waals surface area contributed by atoms with Gasteiger partial charge in [-0.1, -0.05) is 13.3 Å². The molecule has 0 fully saturated rings. The predicted molar refractivity (Wildman–Crippen MR) is 40.5 cm³/mol. The summed E-state index contributed by atoms with van der Waals surface area (Å²) >= 11 is 0. The number of hydrogen-bond acceptors (Lipinski definition) is 0. The summed E-state index contributed by atoms with van der Waals surface area (Å²) in [7, 11) is 2.04. The van der Waals surface area contributed by atoms with E-state index in [1.54, 1.807) is 0 Å². The summed E-state index contributed by atoms with van der Waals surface area (Å²) < 4.78 is 4.28. The smallest absolute Gasteiger partial charge is 0.243 e. The molecule has 0 saturated carbocycles. The van der Waals surface area contributed by atoms with E-state index in [-0.39, 0.29) is 48.9 Å². The van der Waals surface area contributed by atoms with E-state index >= 15 is 0 Å². The van der Waals surface area contributed by atoms with Crippen molar-refractivity contribution < 1.29 is 53.4 Å². The minimum absolute atomic E-state index is 0. The van der Waals surface area contributed by atoms with Crippen molar-refractivity contribution >= 4 is 0 Å². The molecule has 2 nitrogen and oxygen atoms in total. The van der Waals surface area contributed by atoms with Crippen molar-refractivity contribution in [2.75, 3.05) is 0 Å². The SMILES string of the molecule is CCCCn1cc[n+](C)c1.[Br-].[Cl-].[Zn]. The average Bonchev–Trinajstić information content (AvgIpc) is 2.31. The van der Waals surface area contributed by atoms with E-state index in [1.807, 2.05) is 7.05 Å². The molecule has 1 rings (SSSR count). The number of hydrogen-bond donors (Lipinski definition) is 0. The van der Waals surface area contributed by atoms with E-state index < -0.39 is 0 Å². The maximum atomic E-state index is 2.21. The fourth-order valence-corrected chi connectivity index (χ4v) is 0.975. The second-order valence-corrected chi connectivity index (χ2v) is 2.67. The van der Waals surface area contributed by atoms with Crippen molar-refractivity contribution in [3.8, 4) is 0 Å². The Bertz CT molecular complexity index is 206. The second kappa shape index (κ2) is 10.7. The first-order valence-corrected chi connectivity index (χ1v) is 3.84. The first-order chi connectivity index (χ1) is 4.83. The maximum absolute atomic E-state index is 2.21. The molecular formula is C8H15BrClN2Zn-. The van der Waals surface area contributed by atoms with E-state index in [0.717, 1.165) is 6.54 Å². The van der Waals surface area contributed by atoms with Crippen molar-refractivity contribution in [2.45, 2.75) is 26.3 Å². The number of halogens is 2. The first kappa shape index (κ1) is 19.2. The number of aromatic nitrogens is 2. The second-order valence-electron chi connectivity index (χ2n) is 2.67. The standard InChI is InChI=1S/C8H15N2.BrH.ClH.Zn/c1-3-4-5-10-7-6-9(2)8-10;;;/h6-8H,3-5H2,1-2H3;2*1H;/q+1;;;/p-2. The topological polar surface area (TPSA) is 8.81 Å². The monoisotopic (exact) mass is 317 g/mol. The van der Waals surface area contributed by atoms with Crippen molar-refractivity contribution in [3.05, 3.63) is 18.7 Å². The molecule has 1 heterocycles. The Morgan fingerprint density at radius 1 is 1.38 bits per heavy atom. The molecular weight excluding hydrogens is 305 g/mol. The molecule has 0 aliphatic carbocycles. The molecule has 0 unspecified atom stereocenters. The Morgan fingerprint density at radius 3 is 2.38 bits per heavy atom. The summed E-state index contributed by atoms with van der Waals surface area (Å²) in [4.78, 5) is 0. The van der Waals surface area contributed by atoms with Gasteiger partial charge in [0.1, 0.15) is 12.4 Å². The van der Waals surface area contributed by atoms with Gasteiger partial charge in [0, 0.05) is 19.5 Å². The molecule has 0 N–H and O–H groups in total. The minimum Gasteiger partial charge on any atom is -1.00 e. The zero-order valence-corrected chi connectivity index (χ0v) is 13.5. The molecule has 0 amide bonds. The fraction of sp³-hybridized carbons (Fsp3) is 0.625. The summed E-state index contributed by atoms with van der Waals surface area (Å²) in [5.41, 5.74) is 0. The predicted octanol–water partition coefficient (Wildman–Crippen LogP) is -4.88. The number of imidazole rings is 1. The molecule has 74 valence electrons. The number of aryl methyl sites for hydroxylation is 2. The maximum Gasteiger partial charge on any atom is 0.243 e. The van der Waals surface area contributed by atoms with E-state index in [0.29, 0.717) is 0 Å². The van der Waals surface area contributed by atoms with Gasteiger partial charge in [0.15, 0.2) is 0 Å². The third-order valence-corrected chi connectivity index (χ3v) is 1.59. The molecule has 0 aliphatic heterocycles. The third kappa shape index (κ3) is 7.66. The van der Waals surface area contributed by atoms with Crippen molar-refractivity contribution in [1.29, 1.82) is 0 Å². The van der Waals surface area contributed by atoms with Crippen LogP contribution in [0.4, 0.5) is 0 Å². The van der Waals surface area contributed by atoms with Crippen LogP contribution in [0.1, 0.15) is 19.8 Å². The summed E-state index contributed by atoms with van der Waals surface area (Å²) in [6, 6.07) is 0. The van der Waals surface area contributed by atoms with Crippen LogP contribution in [0.15, 0.2) is 18.7 Å².